The van der Waals surface area contributed by atoms with Crippen LogP contribution in [-0.2, 0) is 0 Å². The van der Waals surface area contributed by atoms with Crippen LogP contribution in [0.5, 0.6) is 0 Å². The first kappa shape index (κ1) is 11.7. The molecular weight excluding hydrogens is 220 g/mol. The Balaban J connectivity index is 2.20. The number of hydrogen-bond donors (Lipinski definition) is 1. The van der Waals surface area contributed by atoms with E-state index in [1.54, 1.807) is 0 Å². The van der Waals surface area contributed by atoms with Gasteiger partial charge in [0, 0.05) is 35.9 Å². The van der Waals surface area contributed by atoms with Crippen molar-refractivity contribution in [1.29, 1.82) is 0 Å². The lowest BCUT2D eigenvalue weighted by molar-refractivity contribution is 0.353. The first-order valence-electron chi connectivity index (χ1n) is 5.74. The number of halogens is 1. The van der Waals surface area contributed by atoms with Crippen LogP contribution in [0.4, 0.5) is 5.69 Å². The minimum absolute atomic E-state index is 0.186. The summed E-state index contributed by atoms with van der Waals surface area (Å²) in [5, 5.41) is 4.36. The average Bonchev–Trinajstić information content (AvgIpc) is 2.20. The molecule has 16 heavy (non-hydrogen) atoms. The molecule has 1 aliphatic rings. The van der Waals surface area contributed by atoms with Crippen LogP contribution in [0.25, 0.3) is 0 Å². The first-order valence-corrected chi connectivity index (χ1v) is 6.12. The molecule has 1 aromatic rings. The molecule has 1 heterocycles. The highest BCUT2D eigenvalue weighted by Crippen LogP contribution is 2.24. The van der Waals surface area contributed by atoms with E-state index < -0.39 is 0 Å². The van der Waals surface area contributed by atoms with Gasteiger partial charge in [-0.3, -0.25) is 0 Å². The van der Waals surface area contributed by atoms with Gasteiger partial charge in [-0.15, -0.1) is 0 Å². The van der Waals surface area contributed by atoms with Crippen LogP contribution in [-0.4, -0.2) is 25.2 Å². The van der Waals surface area contributed by atoms with Crippen molar-refractivity contribution in [1.82, 2.24) is 5.32 Å². The molecule has 0 aromatic heterocycles. The van der Waals surface area contributed by atoms with Crippen molar-refractivity contribution in [2.45, 2.75) is 26.3 Å². The predicted octanol–water partition coefficient (Wildman–Crippen LogP) is 2.84. The van der Waals surface area contributed by atoms with Crippen LogP contribution in [0, 0.1) is 6.92 Å². The monoisotopic (exact) mass is 238 g/mol. The van der Waals surface area contributed by atoms with Gasteiger partial charge in [0.2, 0.25) is 0 Å². The second-order valence-electron chi connectivity index (χ2n) is 5.17. The number of benzene rings is 1. The Bertz CT molecular complexity index is 388. The minimum Gasteiger partial charge on any atom is -0.368 e. The molecule has 1 saturated heterocycles. The number of anilines is 1. The number of aryl methyl sites for hydroxylation is 1. The van der Waals surface area contributed by atoms with E-state index in [4.69, 9.17) is 11.6 Å². The van der Waals surface area contributed by atoms with Gasteiger partial charge in [-0.05, 0) is 44.5 Å². The third-order valence-corrected chi connectivity index (χ3v) is 3.50. The summed E-state index contributed by atoms with van der Waals surface area (Å²) >= 11 is 6.04. The van der Waals surface area contributed by atoms with Crippen LogP contribution in [0.2, 0.25) is 5.02 Å². The zero-order valence-electron chi connectivity index (χ0n) is 10.2. The maximum absolute atomic E-state index is 6.04. The highest BCUT2D eigenvalue weighted by molar-refractivity contribution is 6.31. The SMILES string of the molecule is Cc1cc(N2CCNC(C)(C)C2)ccc1Cl. The van der Waals surface area contributed by atoms with Crippen molar-refractivity contribution < 1.29 is 0 Å². The Morgan fingerprint density at radius 3 is 2.75 bits per heavy atom. The zero-order valence-corrected chi connectivity index (χ0v) is 10.9. The second-order valence-corrected chi connectivity index (χ2v) is 5.57. The van der Waals surface area contributed by atoms with Gasteiger partial charge in [0.25, 0.3) is 0 Å². The van der Waals surface area contributed by atoms with Crippen molar-refractivity contribution >= 4 is 17.3 Å². The van der Waals surface area contributed by atoms with Gasteiger partial charge < -0.3 is 10.2 Å². The molecule has 0 spiro atoms. The molecule has 2 nitrogen and oxygen atoms in total. The molecule has 0 aliphatic carbocycles. The van der Waals surface area contributed by atoms with Crippen LogP contribution >= 0.6 is 11.6 Å². The fraction of sp³-hybridized carbons (Fsp3) is 0.538. The number of hydrogen-bond acceptors (Lipinski definition) is 2. The molecule has 0 saturated carbocycles. The topological polar surface area (TPSA) is 15.3 Å². The summed E-state index contributed by atoms with van der Waals surface area (Å²) in [4.78, 5) is 2.42. The summed E-state index contributed by atoms with van der Waals surface area (Å²) in [5.41, 5.74) is 2.61. The molecule has 0 atom stereocenters. The molecule has 1 N–H and O–H groups in total. The molecule has 1 aromatic carbocycles. The Morgan fingerprint density at radius 1 is 1.38 bits per heavy atom. The van der Waals surface area contributed by atoms with Crippen LogP contribution in [0.1, 0.15) is 19.4 Å². The number of nitrogens with one attached hydrogen (secondary N) is 1. The van der Waals surface area contributed by atoms with Gasteiger partial charge in [0.05, 0.1) is 0 Å². The molecule has 0 unspecified atom stereocenters. The van der Waals surface area contributed by atoms with Gasteiger partial charge in [-0.25, -0.2) is 0 Å². The van der Waals surface area contributed by atoms with E-state index >= 15 is 0 Å². The minimum atomic E-state index is 0.186. The van der Waals surface area contributed by atoms with Crippen LogP contribution in [0.3, 0.4) is 0 Å². The highest BCUT2D eigenvalue weighted by atomic mass is 35.5. The fourth-order valence-electron chi connectivity index (χ4n) is 2.19. The van der Waals surface area contributed by atoms with Crippen molar-refractivity contribution in [3.63, 3.8) is 0 Å². The summed E-state index contributed by atoms with van der Waals surface area (Å²) in [6, 6.07) is 6.27. The lowest BCUT2D eigenvalue weighted by Crippen LogP contribution is -2.57. The van der Waals surface area contributed by atoms with E-state index in [0.717, 1.165) is 30.2 Å². The van der Waals surface area contributed by atoms with Crippen LogP contribution < -0.4 is 10.2 Å². The Morgan fingerprint density at radius 2 is 2.12 bits per heavy atom. The van der Waals surface area contributed by atoms with Gasteiger partial charge >= 0.3 is 0 Å². The number of rotatable bonds is 1. The van der Waals surface area contributed by atoms with E-state index in [1.165, 1.54) is 5.69 Å². The van der Waals surface area contributed by atoms with Gasteiger partial charge in [0.15, 0.2) is 0 Å². The zero-order chi connectivity index (χ0) is 11.8. The molecule has 2 rings (SSSR count). The molecule has 3 heteroatoms. The standard InChI is InChI=1S/C13H19ClN2/c1-10-8-11(4-5-12(10)14)16-7-6-15-13(2,3)9-16/h4-5,8,15H,6-7,9H2,1-3H3. The van der Waals surface area contributed by atoms with Crippen LogP contribution in [0.15, 0.2) is 18.2 Å². The van der Waals surface area contributed by atoms with Gasteiger partial charge in [-0.1, -0.05) is 11.6 Å². The molecular formula is C13H19ClN2. The number of piperazine rings is 1. The fourth-order valence-corrected chi connectivity index (χ4v) is 2.30. The summed E-state index contributed by atoms with van der Waals surface area (Å²) in [5.74, 6) is 0. The van der Waals surface area contributed by atoms with Gasteiger partial charge in [0.1, 0.15) is 0 Å². The highest BCUT2D eigenvalue weighted by Gasteiger charge is 2.25. The Labute approximate surface area is 103 Å². The van der Waals surface area contributed by atoms with E-state index in [1.807, 2.05) is 6.07 Å². The lowest BCUT2D eigenvalue weighted by atomic mass is 10.0. The van der Waals surface area contributed by atoms with E-state index in [-0.39, 0.29) is 5.54 Å². The Kier molecular flexibility index (Phi) is 3.13. The lowest BCUT2D eigenvalue weighted by Gasteiger charge is -2.40. The molecule has 88 valence electrons. The maximum Gasteiger partial charge on any atom is 0.0436 e. The molecule has 0 amide bonds. The summed E-state index contributed by atoms with van der Waals surface area (Å²) < 4.78 is 0. The maximum atomic E-state index is 6.04. The normalized spacial score (nSPS) is 19.9. The van der Waals surface area contributed by atoms with Crippen molar-refractivity contribution in [2.75, 3.05) is 24.5 Å². The predicted molar refractivity (Wildman–Crippen MR) is 70.5 cm³/mol. The third kappa shape index (κ3) is 2.50. The van der Waals surface area contributed by atoms with E-state index in [0.29, 0.717) is 0 Å². The van der Waals surface area contributed by atoms with E-state index in [2.05, 4.69) is 43.1 Å². The van der Waals surface area contributed by atoms with Crippen molar-refractivity contribution in [3.05, 3.63) is 28.8 Å². The Hall–Kier alpha value is -0.730. The second kappa shape index (κ2) is 4.27. The summed E-state index contributed by atoms with van der Waals surface area (Å²) in [7, 11) is 0. The smallest absolute Gasteiger partial charge is 0.0436 e. The van der Waals surface area contributed by atoms with E-state index in [9.17, 15) is 0 Å². The molecule has 0 radical (unpaired) electrons. The summed E-state index contributed by atoms with van der Waals surface area (Å²) in [6.45, 7) is 9.66. The molecule has 0 bridgehead atoms. The first-order chi connectivity index (χ1) is 7.48. The van der Waals surface area contributed by atoms with Crippen molar-refractivity contribution in [2.24, 2.45) is 0 Å². The third-order valence-electron chi connectivity index (χ3n) is 3.08. The largest absolute Gasteiger partial charge is 0.368 e. The van der Waals surface area contributed by atoms with Crippen molar-refractivity contribution in [3.8, 4) is 0 Å². The molecule has 1 fully saturated rings. The molecule has 1 aliphatic heterocycles. The quantitative estimate of drug-likeness (QED) is 0.810. The average molecular weight is 239 g/mol. The summed E-state index contributed by atoms with van der Waals surface area (Å²) in [6.07, 6.45) is 0. The van der Waals surface area contributed by atoms with Gasteiger partial charge in [-0.2, -0.15) is 0 Å². The number of nitrogens with zero attached hydrogens (tertiary/aromatic N) is 1.